The second-order valence-electron chi connectivity index (χ2n) is 3.67. The summed E-state index contributed by atoms with van der Waals surface area (Å²) in [5.74, 6) is 0.729. The first-order chi connectivity index (χ1) is 9.11. The lowest BCUT2D eigenvalue weighted by atomic mass is 10.2. The van der Waals surface area contributed by atoms with Gasteiger partial charge in [-0.15, -0.1) is 0 Å². The molecule has 0 heterocycles. The third kappa shape index (κ3) is 3.36. The van der Waals surface area contributed by atoms with Gasteiger partial charge in [0, 0.05) is 0 Å². The second-order valence-corrected chi connectivity index (χ2v) is 5.38. The second kappa shape index (κ2) is 6.21. The first-order valence-corrected chi connectivity index (χ1v) is 7.00. The molecule has 2 aromatic carbocycles. The van der Waals surface area contributed by atoms with Crippen molar-refractivity contribution in [3.05, 3.63) is 57.0 Å². The summed E-state index contributed by atoms with van der Waals surface area (Å²) in [5, 5.41) is 0. The Hall–Kier alpha value is -1.33. The molecule has 0 aromatic heterocycles. The van der Waals surface area contributed by atoms with Crippen LogP contribution in [0.25, 0.3) is 0 Å². The summed E-state index contributed by atoms with van der Waals surface area (Å²) in [7, 11) is 1.57. The molecule has 0 aliphatic heterocycles. The predicted molar refractivity (Wildman–Crippen MR) is 79.8 cm³/mol. The number of benzene rings is 2. The summed E-state index contributed by atoms with van der Waals surface area (Å²) in [4.78, 5) is 12.0. The Bertz CT molecular complexity index is 611. The fourth-order valence-electron chi connectivity index (χ4n) is 1.48. The van der Waals surface area contributed by atoms with E-state index in [0.29, 0.717) is 21.5 Å². The molecule has 0 bridgehead atoms. The number of ether oxygens (including phenoxy) is 2. The van der Waals surface area contributed by atoms with Gasteiger partial charge < -0.3 is 9.47 Å². The molecule has 0 radical (unpaired) electrons. The highest BCUT2D eigenvalue weighted by Gasteiger charge is 2.12. The van der Waals surface area contributed by atoms with E-state index in [0.717, 1.165) is 4.47 Å². The van der Waals surface area contributed by atoms with E-state index in [1.54, 1.807) is 37.4 Å². The standard InChI is InChI=1S/C14H10Br2O3/c1-18-12-7-6-9(8-11(12)16)14(17)19-13-5-3-2-4-10(13)15/h2-8H,1H3. The van der Waals surface area contributed by atoms with Crippen LogP contribution in [0, 0.1) is 0 Å². The van der Waals surface area contributed by atoms with Gasteiger partial charge in [-0.3, -0.25) is 0 Å². The molecule has 3 nitrogen and oxygen atoms in total. The summed E-state index contributed by atoms with van der Waals surface area (Å²) in [6.07, 6.45) is 0. The van der Waals surface area contributed by atoms with E-state index < -0.39 is 5.97 Å². The molecule has 98 valence electrons. The first kappa shape index (κ1) is 14.1. The normalized spacial score (nSPS) is 10.1. The maximum atomic E-state index is 12.0. The lowest BCUT2D eigenvalue weighted by molar-refractivity contribution is 0.0733. The van der Waals surface area contributed by atoms with Gasteiger partial charge in [0.15, 0.2) is 0 Å². The number of rotatable bonds is 3. The molecule has 0 saturated carbocycles. The molecule has 0 amide bonds. The smallest absolute Gasteiger partial charge is 0.343 e. The van der Waals surface area contributed by atoms with Crippen LogP contribution in [0.1, 0.15) is 10.4 Å². The molecule has 0 spiro atoms. The molecule has 0 aliphatic carbocycles. The van der Waals surface area contributed by atoms with Crippen molar-refractivity contribution < 1.29 is 14.3 Å². The van der Waals surface area contributed by atoms with Gasteiger partial charge in [-0.05, 0) is 62.2 Å². The van der Waals surface area contributed by atoms with Crippen LogP contribution in [0.4, 0.5) is 0 Å². The topological polar surface area (TPSA) is 35.5 Å². The zero-order valence-corrected chi connectivity index (χ0v) is 13.2. The van der Waals surface area contributed by atoms with E-state index in [9.17, 15) is 4.79 Å². The van der Waals surface area contributed by atoms with Crippen LogP contribution < -0.4 is 9.47 Å². The van der Waals surface area contributed by atoms with E-state index in [1.165, 1.54) is 0 Å². The molecule has 19 heavy (non-hydrogen) atoms. The van der Waals surface area contributed by atoms with Crippen molar-refractivity contribution in [3.63, 3.8) is 0 Å². The van der Waals surface area contributed by atoms with Crippen molar-refractivity contribution >= 4 is 37.8 Å². The van der Waals surface area contributed by atoms with Crippen LogP contribution in [-0.4, -0.2) is 13.1 Å². The van der Waals surface area contributed by atoms with Gasteiger partial charge in [-0.25, -0.2) is 4.79 Å². The van der Waals surface area contributed by atoms with E-state index in [1.807, 2.05) is 12.1 Å². The van der Waals surface area contributed by atoms with Gasteiger partial charge in [-0.2, -0.15) is 0 Å². The fourth-order valence-corrected chi connectivity index (χ4v) is 2.39. The van der Waals surface area contributed by atoms with E-state index in [4.69, 9.17) is 9.47 Å². The Balaban J connectivity index is 2.21. The zero-order valence-electron chi connectivity index (χ0n) is 10.0. The predicted octanol–water partition coefficient (Wildman–Crippen LogP) is 4.44. The van der Waals surface area contributed by atoms with Gasteiger partial charge in [0.1, 0.15) is 11.5 Å². The third-order valence-electron chi connectivity index (χ3n) is 2.43. The highest BCUT2D eigenvalue weighted by Crippen LogP contribution is 2.28. The Labute approximate surface area is 127 Å². The van der Waals surface area contributed by atoms with Crippen molar-refractivity contribution in [1.29, 1.82) is 0 Å². The van der Waals surface area contributed by atoms with Gasteiger partial charge in [0.2, 0.25) is 0 Å². The number of methoxy groups -OCH3 is 1. The minimum Gasteiger partial charge on any atom is -0.496 e. The van der Waals surface area contributed by atoms with Crippen LogP contribution in [0.2, 0.25) is 0 Å². The van der Waals surface area contributed by atoms with Crippen LogP contribution >= 0.6 is 31.9 Å². The Kier molecular flexibility index (Phi) is 4.61. The molecule has 0 aliphatic rings. The highest BCUT2D eigenvalue weighted by atomic mass is 79.9. The summed E-state index contributed by atoms with van der Waals surface area (Å²) in [5.41, 5.74) is 0.448. The number of carbonyl (C=O) groups excluding carboxylic acids is 1. The molecule has 0 saturated heterocycles. The summed E-state index contributed by atoms with van der Waals surface area (Å²) >= 11 is 6.66. The Morgan fingerprint density at radius 2 is 1.74 bits per heavy atom. The maximum absolute atomic E-state index is 12.0. The number of hydrogen-bond acceptors (Lipinski definition) is 3. The minimum atomic E-state index is -0.421. The monoisotopic (exact) mass is 384 g/mol. The van der Waals surface area contributed by atoms with Gasteiger partial charge >= 0.3 is 5.97 Å². The molecular weight excluding hydrogens is 376 g/mol. The number of esters is 1. The molecule has 2 rings (SSSR count). The van der Waals surface area contributed by atoms with Crippen LogP contribution in [0.3, 0.4) is 0 Å². The van der Waals surface area contributed by atoms with Gasteiger partial charge in [0.25, 0.3) is 0 Å². The third-order valence-corrected chi connectivity index (χ3v) is 3.70. The molecule has 0 atom stereocenters. The Morgan fingerprint density at radius 3 is 2.37 bits per heavy atom. The Morgan fingerprint density at radius 1 is 1.00 bits per heavy atom. The number of hydrogen-bond donors (Lipinski definition) is 0. The maximum Gasteiger partial charge on any atom is 0.343 e. The lowest BCUT2D eigenvalue weighted by Gasteiger charge is -2.08. The van der Waals surface area contributed by atoms with Crippen molar-refractivity contribution in [2.75, 3.05) is 7.11 Å². The fraction of sp³-hybridized carbons (Fsp3) is 0.0714. The molecule has 0 fully saturated rings. The first-order valence-electron chi connectivity index (χ1n) is 5.42. The average molecular weight is 386 g/mol. The van der Waals surface area contributed by atoms with Crippen molar-refractivity contribution in [1.82, 2.24) is 0 Å². The molecule has 0 unspecified atom stereocenters. The highest BCUT2D eigenvalue weighted by molar-refractivity contribution is 9.10. The van der Waals surface area contributed by atoms with Crippen LogP contribution in [0.15, 0.2) is 51.4 Å². The summed E-state index contributed by atoms with van der Waals surface area (Å²) in [6, 6.07) is 12.2. The lowest BCUT2D eigenvalue weighted by Crippen LogP contribution is -2.08. The van der Waals surface area contributed by atoms with Crippen molar-refractivity contribution in [3.8, 4) is 11.5 Å². The van der Waals surface area contributed by atoms with Gasteiger partial charge in [-0.1, -0.05) is 12.1 Å². The number of carbonyl (C=O) groups is 1. The summed E-state index contributed by atoms with van der Waals surface area (Å²) < 4.78 is 11.9. The molecule has 2 aromatic rings. The van der Waals surface area contributed by atoms with Crippen molar-refractivity contribution in [2.45, 2.75) is 0 Å². The minimum absolute atomic E-state index is 0.421. The zero-order chi connectivity index (χ0) is 13.8. The van der Waals surface area contributed by atoms with E-state index in [2.05, 4.69) is 31.9 Å². The average Bonchev–Trinajstić information content (AvgIpc) is 2.41. The van der Waals surface area contributed by atoms with E-state index >= 15 is 0 Å². The SMILES string of the molecule is COc1ccc(C(=O)Oc2ccccc2Br)cc1Br. The van der Waals surface area contributed by atoms with Crippen molar-refractivity contribution in [2.24, 2.45) is 0 Å². The molecule has 0 N–H and O–H groups in total. The van der Waals surface area contributed by atoms with E-state index in [-0.39, 0.29) is 0 Å². The largest absolute Gasteiger partial charge is 0.496 e. The van der Waals surface area contributed by atoms with Gasteiger partial charge in [0.05, 0.1) is 21.6 Å². The van der Waals surface area contributed by atoms with Crippen LogP contribution in [-0.2, 0) is 0 Å². The molecule has 5 heteroatoms. The van der Waals surface area contributed by atoms with Crippen LogP contribution in [0.5, 0.6) is 11.5 Å². The quantitative estimate of drug-likeness (QED) is 0.578. The molecular formula is C14H10Br2O3. The number of halogens is 2. The number of para-hydroxylation sites is 1. The summed E-state index contributed by atoms with van der Waals surface area (Å²) in [6.45, 7) is 0.